The van der Waals surface area contributed by atoms with E-state index in [1.807, 2.05) is 0 Å². The van der Waals surface area contributed by atoms with E-state index in [1.165, 1.54) is 44.5 Å². The molecule has 6 heteroatoms. The molecular formula is C12H21ClN2O2S. The van der Waals surface area contributed by atoms with Crippen molar-refractivity contribution in [1.29, 1.82) is 0 Å². The topological polar surface area (TPSA) is 52.0 Å². The van der Waals surface area contributed by atoms with Crippen molar-refractivity contribution in [3.8, 4) is 0 Å². The number of aryl methyl sites for hydroxylation is 1. The third kappa shape index (κ3) is 5.87. The van der Waals surface area contributed by atoms with Crippen LogP contribution in [0.2, 0.25) is 0 Å². The maximum Gasteiger partial charge on any atom is 0.264 e. The molecule has 0 amide bonds. The largest absolute Gasteiger partial charge is 0.271 e. The minimum absolute atomic E-state index is 0.0760. The average molecular weight is 293 g/mol. The molecule has 0 aliphatic heterocycles. The van der Waals surface area contributed by atoms with Gasteiger partial charge in [0.2, 0.25) is 0 Å². The fourth-order valence-electron chi connectivity index (χ4n) is 1.82. The molecule has 1 aromatic rings. The van der Waals surface area contributed by atoms with E-state index in [0.29, 0.717) is 0 Å². The molecule has 0 fully saturated rings. The summed E-state index contributed by atoms with van der Waals surface area (Å²) in [5.74, 6) is 0. The van der Waals surface area contributed by atoms with Crippen molar-refractivity contribution in [3.05, 3.63) is 12.4 Å². The van der Waals surface area contributed by atoms with Gasteiger partial charge in [0, 0.05) is 23.4 Å². The minimum atomic E-state index is -3.64. The lowest BCUT2D eigenvalue weighted by Gasteiger charge is -2.01. The molecule has 1 rings (SSSR count). The fourth-order valence-corrected chi connectivity index (χ4v) is 2.48. The van der Waals surface area contributed by atoms with Gasteiger partial charge in [0.1, 0.15) is 4.90 Å². The van der Waals surface area contributed by atoms with Crippen LogP contribution in [0.4, 0.5) is 0 Å². The zero-order chi connectivity index (χ0) is 13.4. The van der Waals surface area contributed by atoms with E-state index in [0.717, 1.165) is 19.4 Å². The smallest absolute Gasteiger partial charge is 0.264 e. The minimum Gasteiger partial charge on any atom is -0.271 e. The quantitative estimate of drug-likeness (QED) is 0.516. The Morgan fingerprint density at radius 3 is 2.33 bits per heavy atom. The van der Waals surface area contributed by atoms with Crippen LogP contribution < -0.4 is 0 Å². The van der Waals surface area contributed by atoms with Crippen LogP contribution in [-0.4, -0.2) is 18.2 Å². The zero-order valence-electron chi connectivity index (χ0n) is 10.8. The van der Waals surface area contributed by atoms with Crippen molar-refractivity contribution in [3.63, 3.8) is 0 Å². The molecular weight excluding hydrogens is 272 g/mol. The summed E-state index contributed by atoms with van der Waals surface area (Å²) in [6, 6.07) is 0. The maximum atomic E-state index is 11.0. The van der Waals surface area contributed by atoms with Crippen LogP contribution in [0.3, 0.4) is 0 Å². The van der Waals surface area contributed by atoms with Crippen LogP contribution in [-0.2, 0) is 15.6 Å². The Labute approximate surface area is 114 Å². The number of unbranched alkanes of at least 4 members (excludes halogenated alkanes) is 6. The molecule has 0 spiro atoms. The van der Waals surface area contributed by atoms with Crippen LogP contribution in [0, 0.1) is 0 Å². The van der Waals surface area contributed by atoms with Gasteiger partial charge in [-0.15, -0.1) is 0 Å². The van der Waals surface area contributed by atoms with Crippen molar-refractivity contribution in [1.82, 2.24) is 9.78 Å². The van der Waals surface area contributed by atoms with E-state index in [1.54, 1.807) is 4.68 Å². The predicted molar refractivity (Wildman–Crippen MR) is 73.3 cm³/mol. The number of rotatable bonds is 9. The first-order chi connectivity index (χ1) is 8.54. The van der Waals surface area contributed by atoms with Crippen LogP contribution in [0.15, 0.2) is 17.3 Å². The van der Waals surface area contributed by atoms with Gasteiger partial charge in [0.05, 0.1) is 6.20 Å². The first-order valence-electron chi connectivity index (χ1n) is 6.51. The molecule has 0 aliphatic rings. The molecule has 0 bridgehead atoms. The second kappa shape index (κ2) is 7.79. The number of hydrogen-bond donors (Lipinski definition) is 0. The molecule has 104 valence electrons. The Balaban J connectivity index is 2.18. The molecule has 1 aromatic heterocycles. The fraction of sp³-hybridized carbons (Fsp3) is 0.750. The molecule has 0 saturated heterocycles. The summed E-state index contributed by atoms with van der Waals surface area (Å²) < 4.78 is 23.7. The SMILES string of the molecule is CCCCCCCCCn1cc(S(=O)(=O)Cl)cn1. The third-order valence-electron chi connectivity index (χ3n) is 2.88. The highest BCUT2D eigenvalue weighted by atomic mass is 35.7. The molecule has 0 N–H and O–H groups in total. The van der Waals surface area contributed by atoms with Gasteiger partial charge in [-0.05, 0) is 6.42 Å². The van der Waals surface area contributed by atoms with E-state index in [-0.39, 0.29) is 4.90 Å². The molecule has 0 unspecified atom stereocenters. The van der Waals surface area contributed by atoms with Crippen molar-refractivity contribution in [2.24, 2.45) is 0 Å². The Bertz CT molecular complexity index is 443. The summed E-state index contributed by atoms with van der Waals surface area (Å²) in [5, 5.41) is 3.98. The summed E-state index contributed by atoms with van der Waals surface area (Å²) >= 11 is 0. The summed E-state index contributed by atoms with van der Waals surface area (Å²) in [4.78, 5) is 0.0760. The number of aromatic nitrogens is 2. The van der Waals surface area contributed by atoms with E-state index in [4.69, 9.17) is 10.7 Å². The highest BCUT2D eigenvalue weighted by Crippen LogP contribution is 2.13. The first kappa shape index (κ1) is 15.5. The summed E-state index contributed by atoms with van der Waals surface area (Å²) in [6.45, 7) is 2.96. The molecule has 0 aliphatic carbocycles. The summed E-state index contributed by atoms with van der Waals surface area (Å²) in [6.07, 6.45) is 11.4. The number of halogens is 1. The molecule has 0 radical (unpaired) electrons. The third-order valence-corrected chi connectivity index (χ3v) is 4.19. The molecule has 1 heterocycles. The summed E-state index contributed by atoms with van der Waals surface area (Å²) in [7, 11) is 1.58. The van der Waals surface area contributed by atoms with E-state index in [2.05, 4.69) is 12.0 Å². The normalized spacial score (nSPS) is 11.9. The van der Waals surface area contributed by atoms with Gasteiger partial charge in [0.25, 0.3) is 9.05 Å². The Morgan fingerprint density at radius 2 is 1.78 bits per heavy atom. The van der Waals surface area contributed by atoms with E-state index >= 15 is 0 Å². The van der Waals surface area contributed by atoms with Gasteiger partial charge >= 0.3 is 0 Å². The van der Waals surface area contributed by atoms with Crippen molar-refractivity contribution in [2.45, 2.75) is 63.3 Å². The molecule has 0 atom stereocenters. The van der Waals surface area contributed by atoms with E-state index in [9.17, 15) is 8.42 Å². The van der Waals surface area contributed by atoms with Crippen LogP contribution in [0.1, 0.15) is 51.9 Å². The lowest BCUT2D eigenvalue weighted by Crippen LogP contribution is -1.98. The maximum absolute atomic E-state index is 11.0. The van der Waals surface area contributed by atoms with Crippen LogP contribution in [0.5, 0.6) is 0 Å². The number of hydrogen-bond acceptors (Lipinski definition) is 3. The molecule has 0 saturated carbocycles. The zero-order valence-corrected chi connectivity index (χ0v) is 12.4. The van der Waals surface area contributed by atoms with Crippen molar-refractivity contribution >= 4 is 19.7 Å². The van der Waals surface area contributed by atoms with Gasteiger partial charge in [-0.1, -0.05) is 45.4 Å². The second-order valence-electron chi connectivity index (χ2n) is 4.50. The van der Waals surface area contributed by atoms with Crippen LogP contribution >= 0.6 is 10.7 Å². The van der Waals surface area contributed by atoms with Gasteiger partial charge in [-0.3, -0.25) is 4.68 Å². The monoisotopic (exact) mass is 292 g/mol. The standard InChI is InChI=1S/C12H21ClN2O2S/c1-2-3-4-5-6-7-8-9-15-11-12(10-14-15)18(13,16)17/h10-11H,2-9H2,1H3. The van der Waals surface area contributed by atoms with Crippen molar-refractivity contribution < 1.29 is 8.42 Å². The van der Waals surface area contributed by atoms with Crippen LogP contribution in [0.25, 0.3) is 0 Å². The highest BCUT2D eigenvalue weighted by Gasteiger charge is 2.12. The van der Waals surface area contributed by atoms with Gasteiger partial charge < -0.3 is 0 Å². The number of nitrogens with zero attached hydrogens (tertiary/aromatic N) is 2. The molecule has 4 nitrogen and oxygen atoms in total. The highest BCUT2D eigenvalue weighted by molar-refractivity contribution is 8.13. The predicted octanol–water partition coefficient (Wildman–Crippen LogP) is 3.56. The lowest BCUT2D eigenvalue weighted by atomic mass is 10.1. The Morgan fingerprint density at radius 1 is 1.17 bits per heavy atom. The molecule has 18 heavy (non-hydrogen) atoms. The van der Waals surface area contributed by atoms with Gasteiger partial charge in [-0.2, -0.15) is 5.10 Å². The molecule has 0 aromatic carbocycles. The average Bonchev–Trinajstić information content (AvgIpc) is 2.76. The Hall–Kier alpha value is -0.550. The Kier molecular flexibility index (Phi) is 6.71. The van der Waals surface area contributed by atoms with Gasteiger partial charge in [0.15, 0.2) is 0 Å². The first-order valence-corrected chi connectivity index (χ1v) is 8.82. The van der Waals surface area contributed by atoms with Gasteiger partial charge in [-0.25, -0.2) is 8.42 Å². The van der Waals surface area contributed by atoms with Crippen molar-refractivity contribution in [2.75, 3.05) is 0 Å². The second-order valence-corrected chi connectivity index (χ2v) is 7.06. The summed E-state index contributed by atoms with van der Waals surface area (Å²) in [5.41, 5.74) is 0. The lowest BCUT2D eigenvalue weighted by molar-refractivity contribution is 0.522. The van der Waals surface area contributed by atoms with E-state index < -0.39 is 9.05 Å².